The topological polar surface area (TPSA) is 134 Å². The number of carbonyl (C=O) groups excluding carboxylic acids is 1. The fourth-order valence-corrected chi connectivity index (χ4v) is 2.15. The van der Waals surface area contributed by atoms with Gasteiger partial charge in [-0.25, -0.2) is 15.2 Å². The van der Waals surface area contributed by atoms with Crippen molar-refractivity contribution in [3.05, 3.63) is 34.4 Å². The summed E-state index contributed by atoms with van der Waals surface area (Å²) >= 11 is 0. The molecule has 1 unspecified atom stereocenters. The van der Waals surface area contributed by atoms with E-state index in [2.05, 4.69) is 5.09 Å². The number of carbonyl (C=O) groups is 1. The normalized spacial score (nSPS) is 13.5. The molecule has 0 fully saturated rings. The zero-order valence-corrected chi connectivity index (χ0v) is 12.4. The molecule has 116 valence electrons. The molecule has 1 aromatic rings. The van der Waals surface area contributed by atoms with Crippen LogP contribution < -0.4 is 15.1 Å². The Balaban J connectivity index is 2.57. The molecule has 0 aliphatic rings. The van der Waals surface area contributed by atoms with Gasteiger partial charge in [0.25, 0.3) is 5.69 Å². The van der Waals surface area contributed by atoms with Crippen molar-refractivity contribution in [2.45, 2.75) is 20.0 Å². The first kappa shape index (κ1) is 17.1. The summed E-state index contributed by atoms with van der Waals surface area (Å²) in [5.41, 5.74) is 5.27. The van der Waals surface area contributed by atoms with Crippen molar-refractivity contribution in [1.29, 1.82) is 0 Å². The molecule has 0 aromatic heterocycles. The zero-order chi connectivity index (χ0) is 16.0. The van der Waals surface area contributed by atoms with Crippen molar-refractivity contribution in [2.24, 2.45) is 5.50 Å². The number of hydrogen-bond donors (Lipinski definition) is 2. The highest BCUT2D eigenvalue weighted by molar-refractivity contribution is 7.54. The number of nitro groups is 1. The number of nitrogens with two attached hydrogens (primary N) is 1. The summed E-state index contributed by atoms with van der Waals surface area (Å²) in [5, 5.41) is 12.7. The fourth-order valence-electron chi connectivity index (χ4n) is 1.30. The van der Waals surface area contributed by atoms with E-state index in [0.717, 1.165) is 0 Å². The monoisotopic (exact) mass is 317 g/mol. The fraction of sp³-hybridized carbons (Fsp3) is 0.364. The zero-order valence-electron chi connectivity index (χ0n) is 11.5. The van der Waals surface area contributed by atoms with Crippen LogP contribution in [-0.2, 0) is 14.1 Å². The Morgan fingerprint density at radius 3 is 2.48 bits per heavy atom. The molecule has 21 heavy (non-hydrogen) atoms. The van der Waals surface area contributed by atoms with Crippen LogP contribution in [0.25, 0.3) is 0 Å². The van der Waals surface area contributed by atoms with Crippen molar-refractivity contribution < 1.29 is 23.5 Å². The van der Waals surface area contributed by atoms with Crippen LogP contribution >= 0.6 is 7.67 Å². The standard InChI is InChI=1S/C11H16N3O6P/c1-8(2)19-11(15)7-13-21(12,18)20-10-5-3-9(4-6-10)14(16)17/h3-6,8H,7H2,1-2H3,(H3,12,13,18). The van der Waals surface area contributed by atoms with E-state index in [0.29, 0.717) is 0 Å². The minimum Gasteiger partial charge on any atom is -0.462 e. The molecule has 0 heterocycles. The molecule has 3 N–H and O–H groups in total. The average molecular weight is 317 g/mol. The van der Waals surface area contributed by atoms with Gasteiger partial charge in [-0.05, 0) is 26.0 Å². The van der Waals surface area contributed by atoms with E-state index in [1.807, 2.05) is 0 Å². The van der Waals surface area contributed by atoms with Gasteiger partial charge in [-0.3, -0.25) is 14.9 Å². The number of hydrogen-bond acceptors (Lipinski definition) is 6. The number of non-ortho nitro benzene ring substituents is 1. The highest BCUT2D eigenvalue weighted by Gasteiger charge is 2.20. The molecule has 9 nitrogen and oxygen atoms in total. The summed E-state index contributed by atoms with van der Waals surface area (Å²) < 4.78 is 21.7. The second-order valence-corrected chi connectivity index (χ2v) is 6.01. The number of benzene rings is 1. The maximum absolute atomic E-state index is 11.9. The van der Waals surface area contributed by atoms with Gasteiger partial charge in [0.1, 0.15) is 12.3 Å². The van der Waals surface area contributed by atoms with Crippen LogP contribution in [0.3, 0.4) is 0 Å². The summed E-state index contributed by atoms with van der Waals surface area (Å²) in [5.74, 6) is -0.542. The molecular formula is C11H16N3O6P. The molecule has 0 aliphatic carbocycles. The Bertz CT molecular complexity index is 560. The Labute approximate surface area is 121 Å². The first-order valence-electron chi connectivity index (χ1n) is 5.97. The van der Waals surface area contributed by atoms with Crippen LogP contribution in [0.5, 0.6) is 5.75 Å². The molecule has 0 radical (unpaired) electrons. The third kappa shape index (κ3) is 6.35. The average Bonchev–Trinajstić information content (AvgIpc) is 2.36. The quantitative estimate of drug-likeness (QED) is 0.335. The predicted octanol–water partition coefficient (Wildman–Crippen LogP) is 1.58. The lowest BCUT2D eigenvalue weighted by Gasteiger charge is -2.15. The molecule has 10 heteroatoms. The van der Waals surface area contributed by atoms with E-state index >= 15 is 0 Å². The molecule has 0 bridgehead atoms. The molecule has 1 atom stereocenters. The smallest absolute Gasteiger partial charge is 0.388 e. The molecule has 0 saturated carbocycles. The third-order valence-corrected chi connectivity index (χ3v) is 3.18. The van der Waals surface area contributed by atoms with Gasteiger partial charge in [-0.2, -0.15) is 0 Å². The van der Waals surface area contributed by atoms with E-state index in [1.54, 1.807) is 13.8 Å². The molecule has 1 rings (SSSR count). The molecule has 0 aliphatic heterocycles. The molecule has 0 amide bonds. The minimum absolute atomic E-state index is 0.0798. The number of esters is 1. The highest BCUT2D eigenvalue weighted by atomic mass is 31.2. The largest absolute Gasteiger partial charge is 0.462 e. The second-order valence-electron chi connectivity index (χ2n) is 4.31. The first-order valence-corrected chi connectivity index (χ1v) is 7.66. The number of nitro benzene ring substituents is 1. The van der Waals surface area contributed by atoms with Crippen LogP contribution in [-0.4, -0.2) is 23.5 Å². The lowest BCUT2D eigenvalue weighted by atomic mass is 10.3. The van der Waals surface area contributed by atoms with Gasteiger partial charge in [-0.15, -0.1) is 0 Å². The van der Waals surface area contributed by atoms with Crippen LogP contribution in [0, 0.1) is 10.1 Å². The van der Waals surface area contributed by atoms with Gasteiger partial charge in [-0.1, -0.05) is 0 Å². The van der Waals surface area contributed by atoms with Crippen LogP contribution in [0.1, 0.15) is 13.8 Å². The minimum atomic E-state index is -3.77. The van der Waals surface area contributed by atoms with Gasteiger partial charge < -0.3 is 9.26 Å². The summed E-state index contributed by atoms with van der Waals surface area (Å²) in [6.07, 6.45) is -0.299. The van der Waals surface area contributed by atoms with Crippen molar-refractivity contribution in [3.8, 4) is 5.75 Å². The number of rotatable bonds is 7. The van der Waals surface area contributed by atoms with Crippen molar-refractivity contribution in [1.82, 2.24) is 5.09 Å². The summed E-state index contributed by atoms with van der Waals surface area (Å²) in [6, 6.07) is 4.88. The van der Waals surface area contributed by atoms with Crippen LogP contribution in [0.15, 0.2) is 24.3 Å². The molecule has 0 spiro atoms. The Morgan fingerprint density at radius 2 is 2.00 bits per heavy atom. The molecule has 0 saturated heterocycles. The van der Waals surface area contributed by atoms with E-state index in [1.165, 1.54) is 24.3 Å². The second kappa shape index (κ2) is 7.16. The maximum Gasteiger partial charge on any atom is 0.388 e. The van der Waals surface area contributed by atoms with Gasteiger partial charge >= 0.3 is 13.6 Å². The summed E-state index contributed by atoms with van der Waals surface area (Å²) in [7, 11) is -3.77. The van der Waals surface area contributed by atoms with Gasteiger partial charge in [0.15, 0.2) is 0 Å². The van der Waals surface area contributed by atoms with E-state index in [-0.39, 0.29) is 24.1 Å². The van der Waals surface area contributed by atoms with Gasteiger partial charge in [0, 0.05) is 12.1 Å². The summed E-state index contributed by atoms with van der Waals surface area (Å²) in [4.78, 5) is 21.2. The maximum atomic E-state index is 11.9. The van der Waals surface area contributed by atoms with Gasteiger partial charge in [0.2, 0.25) is 0 Å². The third-order valence-electron chi connectivity index (χ3n) is 2.10. The lowest BCUT2D eigenvalue weighted by molar-refractivity contribution is -0.384. The van der Waals surface area contributed by atoms with Crippen LogP contribution in [0.2, 0.25) is 0 Å². The van der Waals surface area contributed by atoms with Crippen LogP contribution in [0.4, 0.5) is 5.69 Å². The number of nitrogens with one attached hydrogen (secondary N) is 1. The SMILES string of the molecule is CC(C)OC(=O)CNP(N)(=O)Oc1ccc([N+](=O)[O-])cc1. The van der Waals surface area contributed by atoms with Crippen molar-refractivity contribution in [2.75, 3.05) is 6.54 Å². The Hall–Kier alpha value is -1.96. The number of ether oxygens (including phenoxy) is 1. The first-order chi connectivity index (χ1) is 9.69. The van der Waals surface area contributed by atoms with E-state index in [9.17, 15) is 19.5 Å². The summed E-state index contributed by atoms with van der Waals surface area (Å²) in [6.45, 7) is 2.97. The Kier molecular flexibility index (Phi) is 5.83. The Morgan fingerprint density at radius 1 is 1.43 bits per heavy atom. The van der Waals surface area contributed by atoms with Crippen molar-refractivity contribution in [3.63, 3.8) is 0 Å². The molecule has 1 aromatic carbocycles. The predicted molar refractivity (Wildman–Crippen MR) is 74.7 cm³/mol. The molecular weight excluding hydrogens is 301 g/mol. The van der Waals surface area contributed by atoms with Crippen molar-refractivity contribution >= 4 is 19.3 Å². The van der Waals surface area contributed by atoms with E-state index in [4.69, 9.17) is 14.8 Å². The van der Waals surface area contributed by atoms with E-state index < -0.39 is 18.6 Å². The lowest BCUT2D eigenvalue weighted by Crippen LogP contribution is -2.28. The highest BCUT2D eigenvalue weighted by Crippen LogP contribution is 2.34. The van der Waals surface area contributed by atoms with Gasteiger partial charge in [0.05, 0.1) is 11.0 Å². The number of nitrogens with zero attached hydrogens (tertiary/aromatic N) is 1.